The number of aryl methyl sites for hydroxylation is 1. The molecular formula is C12H15N3OS. The number of methoxy groups -OCH3 is 1. The number of rotatable bonds is 4. The summed E-state index contributed by atoms with van der Waals surface area (Å²) in [4.78, 5) is 9.83. The molecule has 90 valence electrons. The van der Waals surface area contributed by atoms with Crippen molar-refractivity contribution in [2.75, 3.05) is 12.4 Å². The summed E-state index contributed by atoms with van der Waals surface area (Å²) in [6.07, 6.45) is 3.62. The maximum Gasteiger partial charge on any atom is 0.169 e. The molecule has 0 amide bonds. The normalized spacial score (nSPS) is 12.2. The Morgan fingerprint density at radius 2 is 2.24 bits per heavy atom. The lowest BCUT2D eigenvalue weighted by Crippen LogP contribution is -2.08. The first kappa shape index (κ1) is 11.9. The molecule has 2 aromatic heterocycles. The molecule has 0 spiro atoms. The number of pyridine rings is 1. The fourth-order valence-corrected chi connectivity index (χ4v) is 2.28. The molecule has 1 atom stereocenters. The first-order chi connectivity index (χ1) is 8.20. The third-order valence-corrected chi connectivity index (χ3v) is 3.45. The van der Waals surface area contributed by atoms with Gasteiger partial charge in [0.1, 0.15) is 5.01 Å². The highest BCUT2D eigenvalue weighted by molar-refractivity contribution is 7.11. The lowest BCUT2D eigenvalue weighted by Gasteiger charge is -2.14. The Bertz CT molecular complexity index is 498. The van der Waals surface area contributed by atoms with Gasteiger partial charge >= 0.3 is 0 Å². The van der Waals surface area contributed by atoms with Gasteiger partial charge in [-0.2, -0.15) is 0 Å². The van der Waals surface area contributed by atoms with Gasteiger partial charge in [0.25, 0.3) is 0 Å². The number of hydrogen-bond donors (Lipinski definition) is 1. The zero-order valence-corrected chi connectivity index (χ0v) is 10.9. The molecule has 0 aliphatic rings. The van der Waals surface area contributed by atoms with Crippen molar-refractivity contribution in [1.29, 1.82) is 0 Å². The predicted octanol–water partition coefficient (Wildman–Crippen LogP) is 3.03. The van der Waals surface area contributed by atoms with Crippen molar-refractivity contribution in [3.05, 3.63) is 34.4 Å². The molecule has 5 heteroatoms. The fraction of sp³-hybridized carbons (Fsp3) is 0.333. The Morgan fingerprint density at radius 1 is 1.41 bits per heavy atom. The van der Waals surface area contributed by atoms with E-state index in [1.54, 1.807) is 24.6 Å². The topological polar surface area (TPSA) is 47.0 Å². The Balaban J connectivity index is 2.15. The number of nitrogens with one attached hydrogen (secondary N) is 1. The smallest absolute Gasteiger partial charge is 0.169 e. The highest BCUT2D eigenvalue weighted by Crippen LogP contribution is 2.27. The molecule has 0 aliphatic carbocycles. The van der Waals surface area contributed by atoms with E-state index in [1.165, 1.54) is 4.88 Å². The Morgan fingerprint density at radius 3 is 2.88 bits per heavy atom. The zero-order valence-electron chi connectivity index (χ0n) is 10.1. The monoisotopic (exact) mass is 249 g/mol. The van der Waals surface area contributed by atoms with Gasteiger partial charge in [0.2, 0.25) is 0 Å². The summed E-state index contributed by atoms with van der Waals surface area (Å²) in [6.45, 7) is 4.11. The molecule has 0 bridgehead atoms. The third-order valence-electron chi connectivity index (χ3n) is 2.35. The lowest BCUT2D eigenvalue weighted by molar-refractivity contribution is 0.414. The largest absolute Gasteiger partial charge is 0.493 e. The summed E-state index contributed by atoms with van der Waals surface area (Å²) in [5.41, 5.74) is 0. The van der Waals surface area contributed by atoms with Crippen LogP contribution in [0.1, 0.15) is 22.9 Å². The molecule has 0 aromatic carbocycles. The van der Waals surface area contributed by atoms with Gasteiger partial charge in [-0.3, -0.25) is 0 Å². The van der Waals surface area contributed by atoms with Crippen LogP contribution >= 0.6 is 11.3 Å². The van der Waals surface area contributed by atoms with E-state index < -0.39 is 0 Å². The highest BCUT2D eigenvalue weighted by Gasteiger charge is 2.12. The average Bonchev–Trinajstić information content (AvgIpc) is 2.77. The highest BCUT2D eigenvalue weighted by atomic mass is 32.1. The molecule has 4 nitrogen and oxygen atoms in total. The second kappa shape index (κ2) is 5.14. The molecule has 0 saturated heterocycles. The number of aromatic nitrogens is 2. The van der Waals surface area contributed by atoms with Crippen LogP contribution in [0.2, 0.25) is 0 Å². The summed E-state index contributed by atoms with van der Waals surface area (Å²) >= 11 is 1.69. The van der Waals surface area contributed by atoms with Crippen LogP contribution in [0.15, 0.2) is 24.5 Å². The van der Waals surface area contributed by atoms with E-state index in [9.17, 15) is 0 Å². The summed E-state index contributed by atoms with van der Waals surface area (Å²) < 4.78 is 5.25. The van der Waals surface area contributed by atoms with Crippen molar-refractivity contribution in [2.24, 2.45) is 0 Å². The van der Waals surface area contributed by atoms with E-state index in [4.69, 9.17) is 4.74 Å². The maximum absolute atomic E-state index is 5.25. The van der Waals surface area contributed by atoms with Crippen molar-refractivity contribution >= 4 is 17.2 Å². The fourth-order valence-electron chi connectivity index (χ4n) is 1.50. The van der Waals surface area contributed by atoms with Crippen LogP contribution in [0.25, 0.3) is 0 Å². The number of thiazole rings is 1. The van der Waals surface area contributed by atoms with E-state index in [-0.39, 0.29) is 6.04 Å². The standard InChI is InChI=1S/C12H15N3OS/c1-8-7-14-12(17-8)9(2)15-11-10(16-3)5-4-6-13-11/h4-7,9H,1-3H3,(H,13,15). The van der Waals surface area contributed by atoms with Crippen LogP contribution in [0.3, 0.4) is 0 Å². The number of ether oxygens (including phenoxy) is 1. The van der Waals surface area contributed by atoms with Crippen LogP contribution in [0, 0.1) is 6.92 Å². The van der Waals surface area contributed by atoms with E-state index in [0.29, 0.717) is 0 Å². The molecule has 0 aliphatic heterocycles. The minimum Gasteiger partial charge on any atom is -0.493 e. The van der Waals surface area contributed by atoms with Crippen LogP contribution < -0.4 is 10.1 Å². The van der Waals surface area contributed by atoms with Crippen molar-refractivity contribution < 1.29 is 4.74 Å². The first-order valence-corrected chi connectivity index (χ1v) is 6.20. The van der Waals surface area contributed by atoms with E-state index >= 15 is 0 Å². The average molecular weight is 249 g/mol. The maximum atomic E-state index is 5.25. The van der Waals surface area contributed by atoms with Crippen molar-refractivity contribution in [3.8, 4) is 5.75 Å². The first-order valence-electron chi connectivity index (χ1n) is 5.38. The quantitative estimate of drug-likeness (QED) is 0.904. The summed E-state index contributed by atoms with van der Waals surface area (Å²) in [6, 6.07) is 3.86. The van der Waals surface area contributed by atoms with Crippen molar-refractivity contribution in [3.63, 3.8) is 0 Å². The molecule has 0 fully saturated rings. The van der Waals surface area contributed by atoms with E-state index in [2.05, 4.69) is 29.1 Å². The van der Waals surface area contributed by atoms with Crippen LogP contribution in [-0.2, 0) is 0 Å². The van der Waals surface area contributed by atoms with Crippen LogP contribution in [-0.4, -0.2) is 17.1 Å². The zero-order chi connectivity index (χ0) is 12.3. The van der Waals surface area contributed by atoms with Gasteiger partial charge in [0.05, 0.1) is 13.2 Å². The summed E-state index contributed by atoms with van der Waals surface area (Å²) in [7, 11) is 1.64. The third kappa shape index (κ3) is 2.74. The van der Waals surface area contributed by atoms with Gasteiger partial charge in [0.15, 0.2) is 11.6 Å². The SMILES string of the molecule is COc1cccnc1NC(C)c1ncc(C)s1. The van der Waals surface area contributed by atoms with Gasteiger partial charge in [-0.1, -0.05) is 0 Å². The molecule has 2 heterocycles. The molecule has 2 aromatic rings. The molecule has 2 rings (SSSR count). The second-order valence-corrected chi connectivity index (χ2v) is 5.00. The molecule has 0 saturated carbocycles. The van der Waals surface area contributed by atoms with Gasteiger partial charge in [-0.25, -0.2) is 9.97 Å². The van der Waals surface area contributed by atoms with Gasteiger partial charge < -0.3 is 10.1 Å². The van der Waals surface area contributed by atoms with Crippen LogP contribution in [0.5, 0.6) is 5.75 Å². The molecule has 17 heavy (non-hydrogen) atoms. The summed E-state index contributed by atoms with van der Waals surface area (Å²) in [5, 5.41) is 4.35. The van der Waals surface area contributed by atoms with Gasteiger partial charge in [0, 0.05) is 17.3 Å². The number of hydrogen-bond acceptors (Lipinski definition) is 5. The molecular weight excluding hydrogens is 234 g/mol. The molecule has 0 radical (unpaired) electrons. The van der Waals surface area contributed by atoms with Crippen LogP contribution in [0.4, 0.5) is 5.82 Å². The Kier molecular flexibility index (Phi) is 3.58. The Labute approximate surface area is 105 Å². The minimum atomic E-state index is 0.123. The van der Waals surface area contributed by atoms with Crippen molar-refractivity contribution in [1.82, 2.24) is 9.97 Å². The second-order valence-electron chi connectivity index (χ2n) is 3.73. The van der Waals surface area contributed by atoms with Gasteiger partial charge in [-0.15, -0.1) is 11.3 Å². The Hall–Kier alpha value is -1.62. The number of anilines is 1. The van der Waals surface area contributed by atoms with Crippen molar-refractivity contribution in [2.45, 2.75) is 19.9 Å². The minimum absolute atomic E-state index is 0.123. The molecule has 1 unspecified atom stereocenters. The van der Waals surface area contributed by atoms with E-state index in [1.807, 2.05) is 18.3 Å². The predicted molar refractivity (Wildman–Crippen MR) is 69.7 cm³/mol. The van der Waals surface area contributed by atoms with E-state index in [0.717, 1.165) is 16.6 Å². The molecule has 1 N–H and O–H groups in total. The lowest BCUT2D eigenvalue weighted by atomic mass is 10.3. The number of nitrogens with zero attached hydrogens (tertiary/aromatic N) is 2. The summed E-state index contributed by atoms with van der Waals surface area (Å²) in [5.74, 6) is 1.49. The van der Waals surface area contributed by atoms with Gasteiger partial charge in [-0.05, 0) is 26.0 Å².